The van der Waals surface area contributed by atoms with E-state index < -0.39 is 0 Å². The third kappa shape index (κ3) is 1.26. The van der Waals surface area contributed by atoms with E-state index in [0.717, 1.165) is 32.2 Å². The average molecular weight is 165 g/mol. The first-order chi connectivity index (χ1) is 5.77. The summed E-state index contributed by atoms with van der Waals surface area (Å²) in [5.41, 5.74) is 1.34. The predicted octanol–water partition coefficient (Wildman–Crippen LogP) is 1.48. The smallest absolute Gasteiger partial charge is 0.223 e. The van der Waals surface area contributed by atoms with Crippen LogP contribution in [0.1, 0.15) is 25.7 Å². The fourth-order valence-corrected chi connectivity index (χ4v) is 2.37. The van der Waals surface area contributed by atoms with Gasteiger partial charge in [-0.2, -0.15) is 0 Å². The first kappa shape index (κ1) is 7.84. The van der Waals surface area contributed by atoms with Crippen LogP contribution in [0.2, 0.25) is 0 Å². The van der Waals surface area contributed by atoms with Gasteiger partial charge in [0.2, 0.25) is 5.91 Å². The van der Waals surface area contributed by atoms with Gasteiger partial charge in [-0.1, -0.05) is 12.2 Å². The molecule has 0 bridgehead atoms. The van der Waals surface area contributed by atoms with E-state index in [-0.39, 0.29) is 5.91 Å². The Morgan fingerprint density at radius 1 is 1.42 bits per heavy atom. The SMILES string of the molecule is C=C1CCC2C(=O)NCCC2C1. The maximum atomic E-state index is 11.4. The van der Waals surface area contributed by atoms with Crippen molar-refractivity contribution >= 4 is 5.91 Å². The molecule has 2 heteroatoms. The van der Waals surface area contributed by atoms with Crippen molar-refractivity contribution in [1.82, 2.24) is 5.32 Å². The van der Waals surface area contributed by atoms with Gasteiger partial charge in [-0.25, -0.2) is 0 Å². The molecule has 2 rings (SSSR count). The van der Waals surface area contributed by atoms with Gasteiger partial charge in [0.1, 0.15) is 0 Å². The molecule has 1 aliphatic carbocycles. The lowest BCUT2D eigenvalue weighted by molar-refractivity contribution is -0.129. The number of carbonyl (C=O) groups is 1. The first-order valence-electron chi connectivity index (χ1n) is 4.72. The topological polar surface area (TPSA) is 29.1 Å². The molecular formula is C10H15NO. The Bertz CT molecular complexity index is 222. The molecule has 2 atom stereocenters. The van der Waals surface area contributed by atoms with Crippen LogP contribution in [0.15, 0.2) is 12.2 Å². The van der Waals surface area contributed by atoms with E-state index in [0.29, 0.717) is 11.8 Å². The van der Waals surface area contributed by atoms with Gasteiger partial charge in [0.25, 0.3) is 0 Å². The van der Waals surface area contributed by atoms with Crippen LogP contribution >= 0.6 is 0 Å². The zero-order chi connectivity index (χ0) is 8.55. The second kappa shape index (κ2) is 2.92. The van der Waals surface area contributed by atoms with E-state index in [1.54, 1.807) is 0 Å². The molecule has 1 amide bonds. The van der Waals surface area contributed by atoms with Crippen LogP contribution in [0.5, 0.6) is 0 Å². The highest BCUT2D eigenvalue weighted by molar-refractivity contribution is 5.79. The quantitative estimate of drug-likeness (QED) is 0.541. The lowest BCUT2D eigenvalue weighted by Gasteiger charge is -2.35. The van der Waals surface area contributed by atoms with Crippen LogP contribution in [0, 0.1) is 11.8 Å². The molecule has 2 unspecified atom stereocenters. The lowest BCUT2D eigenvalue weighted by atomic mass is 9.73. The largest absolute Gasteiger partial charge is 0.356 e. The summed E-state index contributed by atoms with van der Waals surface area (Å²) in [7, 11) is 0. The highest BCUT2D eigenvalue weighted by atomic mass is 16.1. The molecule has 1 N–H and O–H groups in total. The van der Waals surface area contributed by atoms with Gasteiger partial charge < -0.3 is 5.32 Å². The highest BCUT2D eigenvalue weighted by Gasteiger charge is 2.34. The number of hydrogen-bond acceptors (Lipinski definition) is 1. The number of nitrogens with one attached hydrogen (secondary N) is 1. The predicted molar refractivity (Wildman–Crippen MR) is 47.6 cm³/mol. The fourth-order valence-electron chi connectivity index (χ4n) is 2.37. The summed E-state index contributed by atoms with van der Waals surface area (Å²) in [5, 5.41) is 2.93. The second-order valence-electron chi connectivity index (χ2n) is 3.94. The summed E-state index contributed by atoms with van der Waals surface area (Å²) in [6, 6.07) is 0. The fraction of sp³-hybridized carbons (Fsp3) is 0.700. The van der Waals surface area contributed by atoms with E-state index in [9.17, 15) is 4.79 Å². The molecule has 0 spiro atoms. The van der Waals surface area contributed by atoms with Crippen molar-refractivity contribution in [3.05, 3.63) is 12.2 Å². The molecule has 66 valence electrons. The molecule has 1 heterocycles. The minimum Gasteiger partial charge on any atom is -0.356 e. The van der Waals surface area contributed by atoms with Gasteiger partial charge in [-0.05, 0) is 31.6 Å². The van der Waals surface area contributed by atoms with Gasteiger partial charge in [0, 0.05) is 12.5 Å². The Kier molecular flexibility index (Phi) is 1.91. The standard InChI is InChI=1S/C10H15NO/c1-7-2-3-9-8(6-7)4-5-11-10(9)12/h8-9H,1-6H2,(H,11,12). The number of carbonyl (C=O) groups excluding carboxylic acids is 1. The maximum absolute atomic E-state index is 11.4. The Morgan fingerprint density at radius 2 is 2.25 bits per heavy atom. The normalized spacial score (nSPS) is 35.7. The highest BCUT2D eigenvalue weighted by Crippen LogP contribution is 2.36. The van der Waals surface area contributed by atoms with E-state index in [4.69, 9.17) is 0 Å². The molecule has 0 radical (unpaired) electrons. The van der Waals surface area contributed by atoms with Crippen molar-refractivity contribution in [1.29, 1.82) is 0 Å². The van der Waals surface area contributed by atoms with Crippen molar-refractivity contribution < 1.29 is 4.79 Å². The monoisotopic (exact) mass is 165 g/mol. The van der Waals surface area contributed by atoms with Gasteiger partial charge >= 0.3 is 0 Å². The summed E-state index contributed by atoms with van der Waals surface area (Å²) in [6.45, 7) is 4.87. The van der Waals surface area contributed by atoms with Crippen LogP contribution < -0.4 is 5.32 Å². The average Bonchev–Trinajstić information content (AvgIpc) is 2.04. The minimum absolute atomic E-state index is 0.277. The summed E-state index contributed by atoms with van der Waals surface area (Å²) in [4.78, 5) is 11.4. The van der Waals surface area contributed by atoms with Gasteiger partial charge in [-0.15, -0.1) is 0 Å². The first-order valence-corrected chi connectivity index (χ1v) is 4.72. The zero-order valence-electron chi connectivity index (χ0n) is 7.31. The van der Waals surface area contributed by atoms with Crippen LogP contribution in [0.25, 0.3) is 0 Å². The van der Waals surface area contributed by atoms with E-state index in [1.807, 2.05) is 0 Å². The van der Waals surface area contributed by atoms with Crippen LogP contribution in [0.4, 0.5) is 0 Å². The number of amides is 1. The summed E-state index contributed by atoms with van der Waals surface area (Å²) in [5.74, 6) is 1.17. The lowest BCUT2D eigenvalue weighted by Crippen LogP contribution is -2.43. The Hall–Kier alpha value is -0.790. The number of fused-ring (bicyclic) bond motifs is 1. The second-order valence-corrected chi connectivity index (χ2v) is 3.94. The Balaban J connectivity index is 2.09. The third-order valence-corrected chi connectivity index (χ3v) is 3.08. The van der Waals surface area contributed by atoms with Gasteiger partial charge in [0.05, 0.1) is 0 Å². The number of rotatable bonds is 0. The van der Waals surface area contributed by atoms with Crippen LogP contribution in [-0.4, -0.2) is 12.5 Å². The maximum Gasteiger partial charge on any atom is 0.223 e. The molecule has 1 aliphatic heterocycles. The number of piperidine rings is 1. The Labute approximate surface area is 73.0 Å². The van der Waals surface area contributed by atoms with Crippen LogP contribution in [-0.2, 0) is 4.79 Å². The van der Waals surface area contributed by atoms with E-state index in [2.05, 4.69) is 11.9 Å². The van der Waals surface area contributed by atoms with Crippen molar-refractivity contribution in [2.24, 2.45) is 11.8 Å². The van der Waals surface area contributed by atoms with Crippen molar-refractivity contribution in [2.45, 2.75) is 25.7 Å². The summed E-state index contributed by atoms with van der Waals surface area (Å²) >= 11 is 0. The Morgan fingerprint density at radius 3 is 3.08 bits per heavy atom. The van der Waals surface area contributed by atoms with Crippen molar-refractivity contribution in [3.63, 3.8) is 0 Å². The number of hydrogen-bond donors (Lipinski definition) is 1. The minimum atomic E-state index is 0.277. The molecular weight excluding hydrogens is 150 g/mol. The molecule has 0 aromatic carbocycles. The summed E-state index contributed by atoms with van der Waals surface area (Å²) in [6.07, 6.45) is 4.30. The van der Waals surface area contributed by atoms with Gasteiger partial charge in [-0.3, -0.25) is 4.79 Å². The zero-order valence-corrected chi connectivity index (χ0v) is 7.31. The summed E-state index contributed by atoms with van der Waals surface area (Å²) < 4.78 is 0. The molecule has 0 aromatic rings. The molecule has 12 heavy (non-hydrogen) atoms. The van der Waals surface area contributed by atoms with E-state index >= 15 is 0 Å². The molecule has 2 fully saturated rings. The third-order valence-electron chi connectivity index (χ3n) is 3.08. The molecule has 0 aromatic heterocycles. The van der Waals surface area contributed by atoms with Crippen molar-refractivity contribution in [2.75, 3.05) is 6.54 Å². The molecule has 1 saturated heterocycles. The molecule has 1 saturated carbocycles. The molecule has 2 nitrogen and oxygen atoms in total. The van der Waals surface area contributed by atoms with E-state index in [1.165, 1.54) is 5.57 Å². The molecule has 2 aliphatic rings. The van der Waals surface area contributed by atoms with Gasteiger partial charge in [0.15, 0.2) is 0 Å². The van der Waals surface area contributed by atoms with Crippen LogP contribution in [0.3, 0.4) is 0 Å². The van der Waals surface area contributed by atoms with Crippen molar-refractivity contribution in [3.8, 4) is 0 Å². The number of allylic oxidation sites excluding steroid dienone is 1.